The summed E-state index contributed by atoms with van der Waals surface area (Å²) in [4.78, 5) is 2.61. The molecule has 0 radical (unpaired) electrons. The van der Waals surface area contributed by atoms with Gasteiger partial charge in [0.25, 0.3) is 0 Å². The van der Waals surface area contributed by atoms with Gasteiger partial charge in [0.05, 0.1) is 21.6 Å². The normalized spacial score (nSPS) is 11.6. The third kappa shape index (κ3) is 11.3. The number of hydrogen-bond acceptors (Lipinski definition) is 5. The lowest BCUT2D eigenvalue weighted by molar-refractivity contribution is 0.309. The molecule has 0 N–H and O–H groups in total. The van der Waals surface area contributed by atoms with Crippen molar-refractivity contribution in [3.63, 3.8) is 0 Å². The van der Waals surface area contributed by atoms with Crippen molar-refractivity contribution in [2.75, 3.05) is 13.2 Å². The van der Waals surface area contributed by atoms with E-state index in [0.717, 1.165) is 50.4 Å². The molecule has 27 heteroatoms. The van der Waals surface area contributed by atoms with Gasteiger partial charge in [-0.2, -0.15) is 0 Å². The lowest BCUT2D eigenvalue weighted by Gasteiger charge is -2.44. The summed E-state index contributed by atoms with van der Waals surface area (Å²) in [6.07, 6.45) is -2.77. The molecule has 0 saturated heterocycles. The van der Waals surface area contributed by atoms with Gasteiger partial charge in [-0.1, -0.05) is 55.9 Å². The highest BCUT2D eigenvalue weighted by Crippen LogP contribution is 2.42. The molecule has 0 atom stereocenters. The van der Waals surface area contributed by atoms with Gasteiger partial charge in [0.2, 0.25) is 4.21 Å². The van der Waals surface area contributed by atoms with Crippen LogP contribution in [0.2, 0.25) is 0 Å². The van der Waals surface area contributed by atoms with Crippen molar-refractivity contribution >= 4 is 73.3 Å². The van der Waals surface area contributed by atoms with Crippen LogP contribution in [-0.2, 0) is 10.9 Å². The van der Waals surface area contributed by atoms with Crippen LogP contribution in [0, 0.1) is 116 Å². The Morgan fingerprint density at radius 3 is 0.962 bits per heavy atom. The van der Waals surface area contributed by atoms with Gasteiger partial charge in [0.15, 0.2) is 79.6 Å². The predicted octanol–water partition coefficient (Wildman–Crippen LogP) is 15.3. The van der Waals surface area contributed by atoms with E-state index in [1.807, 2.05) is 23.1 Å². The molecule has 2 heterocycles. The summed E-state index contributed by atoms with van der Waals surface area (Å²) in [6, 6.07) is 26.2. The summed E-state index contributed by atoms with van der Waals surface area (Å²) in [5, 5.41) is 2.13. The molecule has 0 aliphatic rings. The van der Waals surface area contributed by atoms with Crippen molar-refractivity contribution in [1.29, 1.82) is 0 Å². The van der Waals surface area contributed by atoms with Gasteiger partial charge in [-0.15, -0.1) is 33.2 Å². The van der Waals surface area contributed by atoms with E-state index in [4.69, 9.17) is 9.47 Å². The fraction of sp³-hybridized carbons (Fsp3) is 0.154. The zero-order chi connectivity index (χ0) is 57.9. The molecule has 0 unspecified atom stereocenters. The van der Waals surface area contributed by atoms with Gasteiger partial charge < -0.3 is 9.47 Å². The highest BCUT2D eigenvalue weighted by atomic mass is 32.2. The van der Waals surface area contributed by atoms with Crippen LogP contribution in [0.5, 0.6) is 11.5 Å². The number of rotatable bonds is 17. The fourth-order valence-electron chi connectivity index (χ4n) is 8.14. The van der Waals surface area contributed by atoms with Crippen LogP contribution in [0.3, 0.4) is 0 Å². The molecule has 0 saturated carbocycles. The standard InChI is InChI=1S/C28H31O2S4.C24BF20/c1-3-5-19-29-22-9-13-24(14-10-22)34(25-15-11-23(12-16-25)30-20-6-4-2)28-18-17-27(33-28)32-26-8-7-21-31-26;26-5-1(6(27)14(35)21(42)13(5)34)25(2-7(28)15(36)22(43)16(37)8(2)29,3-9(30)17(38)23(44)18(39)10(3)31)4-11(32)19(40)24(45)20(41)12(4)33/h7-18,21H,3-6,19-20H2,1-2H3;/q+1;-1. The minimum atomic E-state index is -7.22. The van der Waals surface area contributed by atoms with E-state index < -0.39 is 144 Å². The van der Waals surface area contributed by atoms with Crippen molar-refractivity contribution < 1.29 is 97.3 Å². The Kier molecular flexibility index (Phi) is 19.1. The maximum atomic E-state index is 15.4. The molecule has 0 bridgehead atoms. The molecule has 0 aliphatic heterocycles. The minimum absolute atomic E-state index is 0.176. The SMILES string of the molecule is CCCCOc1ccc([S+](c2ccc(OCCCC)cc2)c2ccc(Sc3cccs3)s2)cc1.Fc1c(F)c(F)c([B-](c2c(F)c(F)c(F)c(F)c2F)(c2c(F)c(F)c(F)c(F)c2F)c2c(F)c(F)c(F)c(F)c2F)c(F)c1F. The second-order valence-corrected chi connectivity index (χ2v) is 22.4. The Morgan fingerprint density at radius 1 is 0.380 bits per heavy atom. The molecule has 0 spiro atoms. The monoisotopic (exact) mass is 1210 g/mol. The molecule has 79 heavy (non-hydrogen) atoms. The molecule has 2 aromatic heterocycles. The second-order valence-electron chi connectivity index (χ2n) is 16.6. The van der Waals surface area contributed by atoms with E-state index in [0.29, 0.717) is 0 Å². The van der Waals surface area contributed by atoms with E-state index in [-0.39, 0.29) is 10.9 Å². The van der Waals surface area contributed by atoms with Crippen molar-refractivity contribution in [2.24, 2.45) is 0 Å². The van der Waals surface area contributed by atoms with E-state index in [1.54, 1.807) is 11.3 Å². The summed E-state index contributed by atoms with van der Waals surface area (Å²) in [7, 11) is -0.176. The van der Waals surface area contributed by atoms with Crippen LogP contribution in [0.1, 0.15) is 39.5 Å². The summed E-state index contributed by atoms with van der Waals surface area (Å²) >= 11 is 5.53. The van der Waals surface area contributed by atoms with Crippen molar-refractivity contribution in [3.05, 3.63) is 195 Å². The molecule has 8 rings (SSSR count). The van der Waals surface area contributed by atoms with Gasteiger partial charge in [0.1, 0.15) is 75.1 Å². The maximum Gasteiger partial charge on any atom is 0.221 e. The van der Waals surface area contributed by atoms with Crippen LogP contribution in [-0.4, -0.2) is 19.4 Å². The quantitative estimate of drug-likeness (QED) is 0.0226. The first kappa shape index (κ1) is 60.3. The summed E-state index contributed by atoms with van der Waals surface area (Å²) in [6.45, 7) is 5.92. The molecular weight excluding hydrogens is 1180 g/mol. The Morgan fingerprint density at radius 2 is 0.684 bits per heavy atom. The topological polar surface area (TPSA) is 18.5 Å². The molecule has 0 amide bonds. The van der Waals surface area contributed by atoms with Crippen LogP contribution in [0.25, 0.3) is 0 Å². The van der Waals surface area contributed by atoms with Crippen molar-refractivity contribution in [3.8, 4) is 11.5 Å². The molecule has 0 aliphatic carbocycles. The average molecular weight is 1210 g/mol. The van der Waals surface area contributed by atoms with Crippen LogP contribution in [0.15, 0.2) is 101 Å². The molecule has 8 aromatic rings. The van der Waals surface area contributed by atoms with Crippen LogP contribution < -0.4 is 31.3 Å². The second kappa shape index (κ2) is 25.0. The molecule has 418 valence electrons. The van der Waals surface area contributed by atoms with Gasteiger partial charge >= 0.3 is 0 Å². The molecule has 0 fully saturated rings. The first-order valence-corrected chi connectivity index (χ1v) is 26.4. The third-order valence-electron chi connectivity index (χ3n) is 11.8. The molecular formula is C52H31BF20O2S4. The Balaban J connectivity index is 0.000000237. The first-order valence-electron chi connectivity index (χ1n) is 22.7. The number of ether oxygens (including phenoxy) is 2. The summed E-state index contributed by atoms with van der Waals surface area (Å²) in [5.41, 5.74) is -14.3. The van der Waals surface area contributed by atoms with Gasteiger partial charge in [-0.05, 0) is 78.9 Å². The first-order chi connectivity index (χ1) is 37.5. The number of halogens is 20. The number of hydrogen-bond donors (Lipinski definition) is 0. The van der Waals surface area contributed by atoms with E-state index >= 15 is 35.1 Å². The predicted molar refractivity (Wildman–Crippen MR) is 258 cm³/mol. The average Bonchev–Trinajstić information content (AvgIpc) is 4.30. The van der Waals surface area contributed by atoms with Gasteiger partial charge in [0, 0.05) is 6.07 Å². The highest BCUT2D eigenvalue weighted by Gasteiger charge is 2.52. The zero-order valence-electron chi connectivity index (χ0n) is 39.8. The molecule has 2 nitrogen and oxygen atoms in total. The van der Waals surface area contributed by atoms with Crippen molar-refractivity contribution in [1.82, 2.24) is 0 Å². The Hall–Kier alpha value is -6.32. The zero-order valence-corrected chi connectivity index (χ0v) is 43.1. The summed E-state index contributed by atoms with van der Waals surface area (Å²) in [5.74, 6) is -69.5. The van der Waals surface area contributed by atoms with Crippen LogP contribution in [0.4, 0.5) is 87.8 Å². The smallest absolute Gasteiger partial charge is 0.221 e. The Labute approximate surface area is 449 Å². The van der Waals surface area contributed by atoms with Gasteiger partial charge in [-0.3, -0.25) is 0 Å². The lowest BCUT2D eigenvalue weighted by Crippen LogP contribution is -2.81. The maximum absolute atomic E-state index is 15.4. The van der Waals surface area contributed by atoms with Crippen molar-refractivity contribution in [2.45, 2.75) is 61.9 Å². The minimum Gasteiger partial charge on any atom is -0.494 e. The fourth-order valence-corrected chi connectivity index (χ4v) is 14.1. The number of thiophene rings is 2. The Bertz CT molecular complexity index is 3090. The van der Waals surface area contributed by atoms with Crippen LogP contribution >= 0.6 is 34.4 Å². The highest BCUT2D eigenvalue weighted by molar-refractivity contribution is 8.03. The third-order valence-corrected chi connectivity index (χ3v) is 17.6. The van der Waals surface area contributed by atoms with Gasteiger partial charge in [-0.25, -0.2) is 87.8 Å². The van der Waals surface area contributed by atoms with E-state index in [1.165, 1.54) is 22.4 Å². The van der Waals surface area contributed by atoms with E-state index in [9.17, 15) is 52.7 Å². The van der Waals surface area contributed by atoms with E-state index in [2.05, 4.69) is 92.0 Å². The lowest BCUT2D eigenvalue weighted by atomic mass is 9.12. The largest absolute Gasteiger partial charge is 0.494 e. The number of benzene rings is 6. The number of unbranched alkanes of at least 4 members (excludes halogenated alkanes) is 2. The molecule has 6 aromatic carbocycles. The summed E-state index contributed by atoms with van der Waals surface area (Å²) < 4.78 is 310.